The zero-order valence-electron chi connectivity index (χ0n) is 12.5. The second kappa shape index (κ2) is 7.69. The fraction of sp³-hybridized carbons (Fsp3) is 0.571. The molecule has 2 heterocycles. The van der Waals surface area contributed by atoms with Crippen LogP contribution in [0.3, 0.4) is 0 Å². The Bertz CT molecular complexity index is 586. The van der Waals surface area contributed by atoms with Crippen LogP contribution in [-0.4, -0.2) is 59.5 Å². The molecule has 120 valence electrons. The van der Waals surface area contributed by atoms with E-state index in [1.54, 1.807) is 4.90 Å². The van der Waals surface area contributed by atoms with Crippen molar-refractivity contribution in [1.29, 1.82) is 0 Å². The van der Waals surface area contributed by atoms with Gasteiger partial charge in [0.05, 0.1) is 26.1 Å². The highest BCUT2D eigenvalue weighted by molar-refractivity contribution is 5.83. The Morgan fingerprint density at radius 1 is 1.55 bits per heavy atom. The lowest BCUT2D eigenvalue weighted by molar-refractivity contribution is -0.132. The lowest BCUT2D eigenvalue weighted by Gasteiger charge is -2.23. The second-order valence-electron chi connectivity index (χ2n) is 5.30. The number of rotatable bonds is 4. The summed E-state index contributed by atoms with van der Waals surface area (Å²) in [4.78, 5) is 42.5. The van der Waals surface area contributed by atoms with E-state index in [0.29, 0.717) is 38.4 Å². The fourth-order valence-corrected chi connectivity index (χ4v) is 2.36. The van der Waals surface area contributed by atoms with E-state index in [-0.39, 0.29) is 29.8 Å². The van der Waals surface area contributed by atoms with E-state index >= 15 is 0 Å². The standard InChI is InChI=1S/C14H20N4O4/c1-10(19)15-6-14(21)18-2-3-22-8-11(7-18)4-12-5-13(20)17-9-16-12/h5,9,11H,2-4,6-8H2,1H3,(H,15,19)(H,16,17,20)/t11-/m0/s1. The molecule has 0 spiro atoms. The average molecular weight is 308 g/mol. The van der Waals surface area contributed by atoms with Gasteiger partial charge < -0.3 is 19.9 Å². The number of ether oxygens (including phenoxy) is 1. The van der Waals surface area contributed by atoms with Crippen molar-refractivity contribution in [2.45, 2.75) is 13.3 Å². The first-order valence-corrected chi connectivity index (χ1v) is 7.18. The molecule has 1 atom stereocenters. The minimum Gasteiger partial charge on any atom is -0.379 e. The van der Waals surface area contributed by atoms with E-state index in [9.17, 15) is 14.4 Å². The number of H-pyrrole nitrogens is 1. The van der Waals surface area contributed by atoms with E-state index in [0.717, 1.165) is 0 Å². The monoisotopic (exact) mass is 308 g/mol. The maximum Gasteiger partial charge on any atom is 0.250 e. The molecule has 22 heavy (non-hydrogen) atoms. The van der Waals surface area contributed by atoms with Crippen molar-refractivity contribution in [3.05, 3.63) is 28.4 Å². The maximum absolute atomic E-state index is 12.1. The number of amides is 2. The topological polar surface area (TPSA) is 104 Å². The van der Waals surface area contributed by atoms with E-state index < -0.39 is 0 Å². The molecule has 8 heteroatoms. The number of carbonyl (C=O) groups is 2. The molecule has 0 aromatic carbocycles. The predicted octanol–water partition coefficient (Wildman–Crippen LogP) is -1.08. The Labute approximate surface area is 127 Å². The number of nitrogens with one attached hydrogen (secondary N) is 2. The molecule has 1 fully saturated rings. The van der Waals surface area contributed by atoms with E-state index in [2.05, 4.69) is 15.3 Å². The van der Waals surface area contributed by atoms with E-state index in [1.807, 2.05) is 0 Å². The van der Waals surface area contributed by atoms with Gasteiger partial charge in [0.1, 0.15) is 0 Å². The SMILES string of the molecule is CC(=O)NCC(=O)N1CCOC[C@@H](Cc2cc(=O)[nH]cn2)C1. The third kappa shape index (κ3) is 4.96. The van der Waals surface area contributed by atoms with Gasteiger partial charge in [-0.05, 0) is 6.42 Å². The van der Waals surface area contributed by atoms with E-state index in [1.165, 1.54) is 19.3 Å². The first-order valence-electron chi connectivity index (χ1n) is 7.18. The van der Waals surface area contributed by atoms with Crippen molar-refractivity contribution in [1.82, 2.24) is 20.2 Å². The van der Waals surface area contributed by atoms with Crippen LogP contribution in [0.1, 0.15) is 12.6 Å². The molecule has 2 amide bonds. The Hall–Kier alpha value is -2.22. The molecule has 1 aromatic rings. The van der Waals surface area contributed by atoms with Crippen LogP contribution in [0.15, 0.2) is 17.2 Å². The summed E-state index contributed by atoms with van der Waals surface area (Å²) in [5.41, 5.74) is 0.478. The average Bonchev–Trinajstić information content (AvgIpc) is 2.70. The summed E-state index contributed by atoms with van der Waals surface area (Å²) < 4.78 is 5.52. The number of nitrogens with zero attached hydrogens (tertiary/aromatic N) is 2. The summed E-state index contributed by atoms with van der Waals surface area (Å²) in [5.74, 6) is -0.300. The van der Waals surface area contributed by atoms with Crippen LogP contribution in [0, 0.1) is 5.92 Å². The maximum atomic E-state index is 12.1. The molecule has 0 saturated carbocycles. The first kappa shape index (κ1) is 16.2. The summed E-state index contributed by atoms with van der Waals surface area (Å²) in [5, 5.41) is 2.51. The van der Waals surface area contributed by atoms with Gasteiger partial charge in [0.25, 0.3) is 5.56 Å². The number of hydrogen-bond donors (Lipinski definition) is 2. The summed E-state index contributed by atoms with van der Waals surface area (Å²) >= 11 is 0. The molecule has 1 aromatic heterocycles. The third-order valence-corrected chi connectivity index (χ3v) is 3.41. The summed E-state index contributed by atoms with van der Waals surface area (Å²) in [6.45, 7) is 3.36. The summed E-state index contributed by atoms with van der Waals surface area (Å²) in [6, 6.07) is 1.45. The molecule has 0 aliphatic carbocycles. The molecule has 0 bridgehead atoms. The van der Waals surface area contributed by atoms with Gasteiger partial charge in [0, 0.05) is 37.7 Å². The van der Waals surface area contributed by atoms with Gasteiger partial charge >= 0.3 is 0 Å². The molecule has 0 radical (unpaired) electrons. The van der Waals surface area contributed by atoms with Gasteiger partial charge in [0.2, 0.25) is 11.8 Å². The minimum absolute atomic E-state index is 0.00862. The molecular formula is C14H20N4O4. The number of aromatic nitrogens is 2. The zero-order chi connectivity index (χ0) is 15.9. The fourth-order valence-electron chi connectivity index (χ4n) is 2.36. The first-order chi connectivity index (χ1) is 10.5. The molecule has 0 unspecified atom stereocenters. The van der Waals surface area contributed by atoms with Crippen LogP contribution in [0.5, 0.6) is 0 Å². The van der Waals surface area contributed by atoms with Gasteiger partial charge in [-0.1, -0.05) is 0 Å². The molecule has 8 nitrogen and oxygen atoms in total. The van der Waals surface area contributed by atoms with Crippen molar-refractivity contribution in [2.75, 3.05) is 32.8 Å². The van der Waals surface area contributed by atoms with Crippen molar-refractivity contribution in [3.63, 3.8) is 0 Å². The van der Waals surface area contributed by atoms with Crippen molar-refractivity contribution < 1.29 is 14.3 Å². The molecular weight excluding hydrogens is 288 g/mol. The van der Waals surface area contributed by atoms with Crippen LogP contribution < -0.4 is 10.9 Å². The van der Waals surface area contributed by atoms with Crippen molar-refractivity contribution in [2.24, 2.45) is 5.92 Å². The number of hydrogen-bond acceptors (Lipinski definition) is 5. The quantitative estimate of drug-likeness (QED) is 0.736. The molecule has 1 aliphatic heterocycles. The van der Waals surface area contributed by atoms with Crippen LogP contribution in [0.2, 0.25) is 0 Å². The van der Waals surface area contributed by atoms with Gasteiger partial charge in [0.15, 0.2) is 0 Å². The Morgan fingerprint density at radius 2 is 2.36 bits per heavy atom. The summed E-state index contributed by atoms with van der Waals surface area (Å²) in [7, 11) is 0. The van der Waals surface area contributed by atoms with E-state index in [4.69, 9.17) is 4.74 Å². The minimum atomic E-state index is -0.233. The van der Waals surface area contributed by atoms with Crippen molar-refractivity contribution >= 4 is 11.8 Å². The molecule has 1 saturated heterocycles. The molecule has 1 aliphatic rings. The van der Waals surface area contributed by atoms with Gasteiger partial charge in [-0.3, -0.25) is 14.4 Å². The Balaban J connectivity index is 1.96. The largest absolute Gasteiger partial charge is 0.379 e. The zero-order valence-corrected chi connectivity index (χ0v) is 12.5. The Kier molecular flexibility index (Phi) is 5.65. The van der Waals surface area contributed by atoms with Crippen LogP contribution >= 0.6 is 0 Å². The third-order valence-electron chi connectivity index (χ3n) is 3.41. The van der Waals surface area contributed by atoms with Crippen LogP contribution in [-0.2, 0) is 20.7 Å². The predicted molar refractivity (Wildman–Crippen MR) is 78.1 cm³/mol. The highest BCUT2D eigenvalue weighted by atomic mass is 16.5. The van der Waals surface area contributed by atoms with Gasteiger partial charge in [-0.2, -0.15) is 0 Å². The highest BCUT2D eigenvalue weighted by Crippen LogP contribution is 2.12. The van der Waals surface area contributed by atoms with Crippen molar-refractivity contribution in [3.8, 4) is 0 Å². The van der Waals surface area contributed by atoms with Gasteiger partial charge in [-0.25, -0.2) is 4.98 Å². The molecule has 2 rings (SSSR count). The second-order valence-corrected chi connectivity index (χ2v) is 5.30. The van der Waals surface area contributed by atoms with Crippen LogP contribution in [0.4, 0.5) is 0 Å². The highest BCUT2D eigenvalue weighted by Gasteiger charge is 2.23. The summed E-state index contributed by atoms with van der Waals surface area (Å²) in [6.07, 6.45) is 1.93. The lowest BCUT2D eigenvalue weighted by atomic mass is 10.0. The smallest absolute Gasteiger partial charge is 0.250 e. The van der Waals surface area contributed by atoms with Crippen LogP contribution in [0.25, 0.3) is 0 Å². The van der Waals surface area contributed by atoms with Gasteiger partial charge in [-0.15, -0.1) is 0 Å². The normalized spacial score (nSPS) is 18.6. The molecule has 2 N–H and O–H groups in total. The number of aromatic amines is 1. The number of carbonyl (C=O) groups excluding carboxylic acids is 2. The Morgan fingerprint density at radius 3 is 3.09 bits per heavy atom. The lowest BCUT2D eigenvalue weighted by Crippen LogP contribution is -2.42.